The highest BCUT2D eigenvalue weighted by Crippen LogP contribution is 2.43. The van der Waals surface area contributed by atoms with Crippen LogP contribution < -0.4 is 10.5 Å². The Morgan fingerprint density at radius 2 is 1.88 bits per heavy atom. The van der Waals surface area contributed by atoms with Gasteiger partial charge in [0, 0.05) is 34.9 Å². The molecule has 0 aromatic heterocycles. The highest BCUT2D eigenvalue weighted by atomic mass is 19.3. The van der Waals surface area contributed by atoms with E-state index in [2.05, 4.69) is 31.8 Å². The summed E-state index contributed by atoms with van der Waals surface area (Å²) in [5, 5.41) is 10.1. The third-order valence-electron chi connectivity index (χ3n) is 7.36. The first-order chi connectivity index (χ1) is 19.8. The number of rotatable bonds is 10. The predicted octanol–water partition coefficient (Wildman–Crippen LogP) is 8.89. The van der Waals surface area contributed by atoms with E-state index in [0.29, 0.717) is 53.0 Å². The molecule has 3 N–H and O–H groups in total. The summed E-state index contributed by atoms with van der Waals surface area (Å²) in [6, 6.07) is 13.7. The molecule has 0 amide bonds. The van der Waals surface area contributed by atoms with Crippen LogP contribution in [0.3, 0.4) is 0 Å². The van der Waals surface area contributed by atoms with Crippen molar-refractivity contribution >= 4 is 33.8 Å². The van der Waals surface area contributed by atoms with Crippen LogP contribution in [0.5, 0.6) is 11.5 Å². The van der Waals surface area contributed by atoms with E-state index in [0.717, 1.165) is 27.5 Å². The smallest absolute Gasteiger partial charge is 0.242 e. The van der Waals surface area contributed by atoms with Gasteiger partial charge in [0.05, 0.1) is 0 Å². The number of ketones is 1. The summed E-state index contributed by atoms with van der Waals surface area (Å²) in [6.07, 6.45) is 2.43. The molecule has 0 aliphatic carbocycles. The normalized spacial score (nSPS) is 14.0. The quantitative estimate of drug-likeness (QED) is 0.238. The Kier molecular flexibility index (Phi) is 9.09. The van der Waals surface area contributed by atoms with Gasteiger partial charge in [0.1, 0.15) is 23.1 Å². The van der Waals surface area contributed by atoms with Gasteiger partial charge in [-0.25, -0.2) is 13.8 Å². The number of nitrogens with two attached hydrogens (primary N) is 1. The minimum atomic E-state index is -2.48. The molecular weight excluding hydrogens is 532 g/mol. The zero-order valence-electron chi connectivity index (χ0n) is 25.2. The number of carbonyl (C=O) groups is 1. The van der Waals surface area contributed by atoms with Gasteiger partial charge in [0.2, 0.25) is 6.43 Å². The second kappa shape index (κ2) is 12.4. The van der Waals surface area contributed by atoms with Crippen LogP contribution in [0, 0.1) is 5.41 Å². The van der Waals surface area contributed by atoms with Crippen LogP contribution in [0.15, 0.2) is 65.2 Å². The summed E-state index contributed by atoms with van der Waals surface area (Å²) in [4.78, 5) is 15.8. The minimum absolute atomic E-state index is 0.0668. The molecule has 1 aliphatic rings. The molecular formula is C35H39F2N3O2. The maximum atomic E-state index is 13.5. The van der Waals surface area contributed by atoms with E-state index < -0.39 is 6.43 Å². The summed E-state index contributed by atoms with van der Waals surface area (Å²) in [6.45, 7) is 11.7. The summed E-state index contributed by atoms with van der Waals surface area (Å²) in [5.41, 5.74) is 11.4. The van der Waals surface area contributed by atoms with Crippen LogP contribution in [0.25, 0.3) is 16.3 Å². The average Bonchev–Trinajstić information content (AvgIpc) is 3.18. The van der Waals surface area contributed by atoms with Crippen LogP contribution >= 0.6 is 0 Å². The molecule has 0 radical (unpaired) electrons. The fourth-order valence-corrected chi connectivity index (χ4v) is 5.31. The highest BCUT2D eigenvalue weighted by molar-refractivity contribution is 6.26. The van der Waals surface area contributed by atoms with E-state index in [1.54, 1.807) is 13.0 Å². The van der Waals surface area contributed by atoms with Crippen molar-refractivity contribution in [2.24, 2.45) is 10.7 Å². The molecule has 7 heteroatoms. The standard InChI is InChI=1S/C35H39F2N3O2/c1-7-9-23(16-29(36)37)14-20(2)30-31-24(18-27-32(30)34(39)40-33(27)38)17-25(35(4,5)6)19-28(31)42-26-11-8-10-22(15-26)13-12-21(3)41/h8-11,14-15,17-19,29H,7,12-13,16H2,1-6H3,(H3,38,39,40)/b20-14+,23-9+. The van der Waals surface area contributed by atoms with Crippen LogP contribution in [-0.4, -0.2) is 23.9 Å². The van der Waals surface area contributed by atoms with Gasteiger partial charge in [-0.15, -0.1) is 0 Å². The summed E-state index contributed by atoms with van der Waals surface area (Å²) < 4.78 is 33.6. The van der Waals surface area contributed by atoms with E-state index in [1.807, 2.05) is 56.3 Å². The lowest BCUT2D eigenvalue weighted by Crippen LogP contribution is -2.15. The van der Waals surface area contributed by atoms with Crippen molar-refractivity contribution in [3.05, 3.63) is 88.0 Å². The lowest BCUT2D eigenvalue weighted by molar-refractivity contribution is -0.116. The van der Waals surface area contributed by atoms with E-state index >= 15 is 0 Å². The zero-order chi connectivity index (χ0) is 30.8. The number of nitrogens with zero attached hydrogens (tertiary/aromatic N) is 1. The number of aryl methyl sites for hydroxylation is 1. The monoisotopic (exact) mass is 571 g/mol. The molecule has 0 fully saturated rings. The van der Waals surface area contributed by atoms with Crippen molar-refractivity contribution < 1.29 is 18.3 Å². The fraction of sp³-hybridized carbons (Fsp3) is 0.343. The lowest BCUT2D eigenvalue weighted by atomic mass is 9.82. The second-order valence-corrected chi connectivity index (χ2v) is 11.9. The van der Waals surface area contributed by atoms with Crippen molar-refractivity contribution in [2.45, 2.75) is 79.1 Å². The fourth-order valence-electron chi connectivity index (χ4n) is 5.31. The van der Waals surface area contributed by atoms with Crippen molar-refractivity contribution in [2.75, 3.05) is 0 Å². The van der Waals surface area contributed by atoms with Gasteiger partial charge in [-0.1, -0.05) is 58.0 Å². The average molecular weight is 572 g/mol. The number of benzene rings is 3. The molecule has 0 unspecified atom stereocenters. The number of carbonyl (C=O) groups excluding carboxylic acids is 1. The van der Waals surface area contributed by atoms with Crippen molar-refractivity contribution in [1.29, 1.82) is 5.41 Å². The first-order valence-corrected chi connectivity index (χ1v) is 14.3. The number of allylic oxidation sites excluding steroid dienone is 4. The predicted molar refractivity (Wildman–Crippen MR) is 168 cm³/mol. The first kappa shape index (κ1) is 30.8. The lowest BCUT2D eigenvalue weighted by Gasteiger charge is -2.24. The zero-order valence-corrected chi connectivity index (χ0v) is 25.2. The number of Topliss-reactive ketones (excluding diaryl/α,β-unsaturated/α-hetero) is 1. The number of hydrogen-bond donors (Lipinski definition) is 2. The van der Waals surface area contributed by atoms with Gasteiger partial charge >= 0.3 is 0 Å². The molecule has 3 aromatic rings. The van der Waals surface area contributed by atoms with Crippen molar-refractivity contribution in [3.8, 4) is 11.5 Å². The van der Waals surface area contributed by atoms with Gasteiger partial charge < -0.3 is 15.3 Å². The first-order valence-electron chi connectivity index (χ1n) is 14.3. The molecule has 0 atom stereocenters. The molecule has 1 aliphatic heterocycles. The number of alkyl halides is 2. The number of halogens is 2. The molecule has 0 spiro atoms. The largest absolute Gasteiger partial charge is 0.457 e. The van der Waals surface area contributed by atoms with E-state index in [9.17, 15) is 13.6 Å². The number of aliphatic imine (C=N–C) groups is 1. The molecule has 4 rings (SSSR count). The van der Waals surface area contributed by atoms with Gasteiger partial charge in [-0.05, 0) is 84.0 Å². The maximum absolute atomic E-state index is 13.5. The maximum Gasteiger partial charge on any atom is 0.242 e. The number of amidine groups is 2. The van der Waals surface area contributed by atoms with E-state index in [-0.39, 0.29) is 29.3 Å². The Labute approximate surface area is 246 Å². The van der Waals surface area contributed by atoms with Gasteiger partial charge in [0.25, 0.3) is 0 Å². The van der Waals surface area contributed by atoms with E-state index in [1.165, 1.54) is 0 Å². The minimum Gasteiger partial charge on any atom is -0.457 e. The third-order valence-corrected chi connectivity index (χ3v) is 7.36. The molecule has 220 valence electrons. The Hall–Kier alpha value is -4.13. The highest BCUT2D eigenvalue weighted by Gasteiger charge is 2.28. The molecule has 0 saturated heterocycles. The summed E-state index contributed by atoms with van der Waals surface area (Å²) in [5.74, 6) is 1.62. The van der Waals surface area contributed by atoms with Gasteiger partial charge in [0.15, 0.2) is 5.84 Å². The Balaban J connectivity index is 2.02. The number of nitrogens with one attached hydrogen (secondary N) is 1. The number of ether oxygens (including phenoxy) is 1. The van der Waals surface area contributed by atoms with E-state index in [4.69, 9.17) is 15.9 Å². The molecule has 3 aromatic carbocycles. The number of fused-ring (bicyclic) bond motifs is 2. The van der Waals surface area contributed by atoms with Gasteiger partial charge in [-0.3, -0.25) is 5.41 Å². The Bertz CT molecular complexity index is 1640. The topological polar surface area (TPSA) is 88.5 Å². The molecule has 5 nitrogen and oxygen atoms in total. The van der Waals surface area contributed by atoms with Crippen LogP contribution in [-0.2, 0) is 16.6 Å². The van der Waals surface area contributed by atoms with Crippen molar-refractivity contribution in [1.82, 2.24) is 0 Å². The van der Waals surface area contributed by atoms with Crippen LogP contribution in [0.4, 0.5) is 8.78 Å². The molecule has 1 heterocycles. The van der Waals surface area contributed by atoms with Crippen LogP contribution in [0.1, 0.15) is 88.6 Å². The molecule has 0 saturated carbocycles. The second-order valence-electron chi connectivity index (χ2n) is 11.9. The summed E-state index contributed by atoms with van der Waals surface area (Å²) in [7, 11) is 0. The summed E-state index contributed by atoms with van der Waals surface area (Å²) >= 11 is 0. The van der Waals surface area contributed by atoms with Crippen molar-refractivity contribution in [3.63, 3.8) is 0 Å². The SMILES string of the molecule is CC/C=C(\C=C(/C)c1c2c(cc3cc(C(C)(C)C)cc(Oc4cccc(CCC(C)=O)c4)c13)C(=N)N=C2N)CC(F)F. The molecule has 42 heavy (non-hydrogen) atoms. The van der Waals surface area contributed by atoms with Crippen LogP contribution in [0.2, 0.25) is 0 Å². The third kappa shape index (κ3) is 6.84. The Morgan fingerprint density at radius 1 is 1.14 bits per heavy atom. The molecule has 0 bridgehead atoms. The van der Waals surface area contributed by atoms with Gasteiger partial charge in [-0.2, -0.15) is 0 Å². The Morgan fingerprint density at radius 3 is 2.52 bits per heavy atom. The number of hydrogen-bond acceptors (Lipinski definition) is 4.